The zero-order valence-corrected chi connectivity index (χ0v) is 12.2. The largest absolute Gasteiger partial charge is 0.465 e. The lowest BCUT2D eigenvalue weighted by Gasteiger charge is -2.10. The number of hydrogen-bond acceptors (Lipinski definition) is 3. The van der Waals surface area contributed by atoms with E-state index in [0.717, 1.165) is 6.07 Å². The standard InChI is InChI=1S/C16H12F3NO3/c1-8-7-9(16(22)23-2)3-6-12(8)20-15(21)10-4-5-11(17)14(19)13(10)18/h3-7H,1-2H3,(H,20,21). The molecule has 0 aromatic heterocycles. The Morgan fingerprint density at radius 1 is 1.04 bits per heavy atom. The molecule has 1 amide bonds. The number of benzene rings is 2. The molecule has 0 radical (unpaired) electrons. The Kier molecular flexibility index (Phi) is 4.68. The van der Waals surface area contributed by atoms with Crippen LogP contribution in [0.3, 0.4) is 0 Å². The summed E-state index contributed by atoms with van der Waals surface area (Å²) in [7, 11) is 1.24. The van der Waals surface area contributed by atoms with Gasteiger partial charge in [-0.2, -0.15) is 0 Å². The van der Waals surface area contributed by atoms with Gasteiger partial charge in [-0.3, -0.25) is 4.79 Å². The van der Waals surface area contributed by atoms with Gasteiger partial charge in [0.05, 0.1) is 18.2 Å². The van der Waals surface area contributed by atoms with E-state index < -0.39 is 34.9 Å². The Morgan fingerprint density at radius 2 is 1.74 bits per heavy atom. The molecule has 0 aliphatic rings. The van der Waals surface area contributed by atoms with E-state index in [2.05, 4.69) is 10.1 Å². The van der Waals surface area contributed by atoms with Crippen LogP contribution < -0.4 is 5.32 Å². The molecule has 23 heavy (non-hydrogen) atoms. The van der Waals surface area contributed by atoms with E-state index in [1.807, 2.05) is 0 Å². The highest BCUT2D eigenvalue weighted by molar-refractivity contribution is 6.05. The van der Waals surface area contributed by atoms with Crippen molar-refractivity contribution in [1.29, 1.82) is 0 Å². The van der Waals surface area contributed by atoms with Gasteiger partial charge < -0.3 is 10.1 Å². The molecule has 0 bridgehead atoms. The Morgan fingerprint density at radius 3 is 2.35 bits per heavy atom. The summed E-state index contributed by atoms with van der Waals surface area (Å²) in [5.41, 5.74) is 0.471. The molecular weight excluding hydrogens is 311 g/mol. The predicted molar refractivity (Wildman–Crippen MR) is 76.8 cm³/mol. The van der Waals surface area contributed by atoms with E-state index in [4.69, 9.17) is 0 Å². The molecule has 0 aliphatic carbocycles. The first-order chi connectivity index (χ1) is 10.8. The molecule has 0 spiro atoms. The first-order valence-corrected chi connectivity index (χ1v) is 6.49. The summed E-state index contributed by atoms with van der Waals surface area (Å²) in [6.45, 7) is 1.61. The van der Waals surface area contributed by atoms with Gasteiger partial charge in [-0.05, 0) is 42.8 Å². The van der Waals surface area contributed by atoms with Crippen molar-refractivity contribution in [3.63, 3.8) is 0 Å². The monoisotopic (exact) mass is 323 g/mol. The average molecular weight is 323 g/mol. The first-order valence-electron chi connectivity index (χ1n) is 6.49. The van der Waals surface area contributed by atoms with Crippen LogP contribution in [-0.4, -0.2) is 19.0 Å². The van der Waals surface area contributed by atoms with Crippen LogP contribution in [0.1, 0.15) is 26.3 Å². The van der Waals surface area contributed by atoms with Gasteiger partial charge in [0, 0.05) is 5.69 Å². The molecule has 7 heteroatoms. The Balaban J connectivity index is 2.27. The molecule has 4 nitrogen and oxygen atoms in total. The minimum Gasteiger partial charge on any atom is -0.465 e. The van der Waals surface area contributed by atoms with Crippen LogP contribution in [0.2, 0.25) is 0 Å². The number of methoxy groups -OCH3 is 1. The van der Waals surface area contributed by atoms with Gasteiger partial charge in [0.2, 0.25) is 0 Å². The highest BCUT2D eigenvalue weighted by Crippen LogP contribution is 2.20. The Labute approximate surface area is 129 Å². The second kappa shape index (κ2) is 6.51. The highest BCUT2D eigenvalue weighted by atomic mass is 19.2. The van der Waals surface area contributed by atoms with Crippen molar-refractivity contribution in [2.75, 3.05) is 12.4 Å². The minimum absolute atomic E-state index is 0.280. The number of carbonyl (C=O) groups excluding carboxylic acids is 2. The summed E-state index contributed by atoms with van der Waals surface area (Å²) in [6.07, 6.45) is 0. The topological polar surface area (TPSA) is 55.4 Å². The van der Waals surface area contributed by atoms with E-state index in [1.165, 1.54) is 25.3 Å². The fourth-order valence-electron chi connectivity index (χ4n) is 1.94. The van der Waals surface area contributed by atoms with E-state index >= 15 is 0 Å². The third kappa shape index (κ3) is 3.33. The van der Waals surface area contributed by atoms with Crippen LogP contribution in [0.25, 0.3) is 0 Å². The first kappa shape index (κ1) is 16.5. The smallest absolute Gasteiger partial charge is 0.337 e. The maximum atomic E-state index is 13.6. The van der Waals surface area contributed by atoms with Crippen molar-refractivity contribution >= 4 is 17.6 Å². The number of anilines is 1. The van der Waals surface area contributed by atoms with Crippen LogP contribution in [0.5, 0.6) is 0 Å². The van der Waals surface area contributed by atoms with Crippen molar-refractivity contribution in [1.82, 2.24) is 0 Å². The Hall–Kier alpha value is -2.83. The lowest BCUT2D eigenvalue weighted by molar-refractivity contribution is 0.0600. The molecule has 120 valence electrons. The SMILES string of the molecule is COC(=O)c1ccc(NC(=O)c2ccc(F)c(F)c2F)c(C)c1. The molecule has 2 aromatic rings. The molecular formula is C16H12F3NO3. The summed E-state index contributed by atoms with van der Waals surface area (Å²) >= 11 is 0. The number of aryl methyl sites for hydroxylation is 1. The van der Waals surface area contributed by atoms with E-state index in [0.29, 0.717) is 17.3 Å². The molecule has 0 unspecified atom stereocenters. The molecule has 0 atom stereocenters. The molecule has 2 aromatic carbocycles. The van der Waals surface area contributed by atoms with E-state index in [-0.39, 0.29) is 5.56 Å². The van der Waals surface area contributed by atoms with Crippen molar-refractivity contribution in [2.24, 2.45) is 0 Å². The second-order valence-electron chi connectivity index (χ2n) is 4.70. The summed E-state index contributed by atoms with van der Waals surface area (Å²) in [5, 5.41) is 2.38. The summed E-state index contributed by atoms with van der Waals surface area (Å²) in [6, 6.07) is 5.83. The summed E-state index contributed by atoms with van der Waals surface area (Å²) in [5.74, 6) is -6.13. The van der Waals surface area contributed by atoms with Crippen molar-refractivity contribution in [3.8, 4) is 0 Å². The van der Waals surface area contributed by atoms with Gasteiger partial charge in [0.1, 0.15) is 0 Å². The van der Waals surface area contributed by atoms with Crippen molar-refractivity contribution in [2.45, 2.75) is 6.92 Å². The van der Waals surface area contributed by atoms with Gasteiger partial charge in [-0.15, -0.1) is 0 Å². The fraction of sp³-hybridized carbons (Fsp3) is 0.125. The van der Waals surface area contributed by atoms with Crippen LogP contribution in [-0.2, 0) is 4.74 Å². The molecule has 0 aliphatic heterocycles. The maximum absolute atomic E-state index is 13.6. The number of amides is 1. The molecule has 0 saturated heterocycles. The number of rotatable bonds is 3. The zero-order chi connectivity index (χ0) is 17.1. The minimum atomic E-state index is -1.71. The lowest BCUT2D eigenvalue weighted by Crippen LogP contribution is -2.16. The average Bonchev–Trinajstić information content (AvgIpc) is 2.53. The lowest BCUT2D eigenvalue weighted by atomic mass is 10.1. The molecule has 0 fully saturated rings. The number of hydrogen-bond donors (Lipinski definition) is 1. The van der Waals surface area contributed by atoms with Gasteiger partial charge in [-0.25, -0.2) is 18.0 Å². The molecule has 2 rings (SSSR count). The van der Waals surface area contributed by atoms with Gasteiger partial charge in [0.25, 0.3) is 5.91 Å². The summed E-state index contributed by atoms with van der Waals surface area (Å²) in [4.78, 5) is 23.4. The van der Waals surface area contributed by atoms with Gasteiger partial charge in [-0.1, -0.05) is 0 Å². The number of halogens is 3. The van der Waals surface area contributed by atoms with Crippen molar-refractivity contribution in [3.05, 3.63) is 64.5 Å². The van der Waals surface area contributed by atoms with Crippen molar-refractivity contribution < 1.29 is 27.5 Å². The number of carbonyl (C=O) groups is 2. The quantitative estimate of drug-likeness (QED) is 0.695. The maximum Gasteiger partial charge on any atom is 0.337 e. The van der Waals surface area contributed by atoms with E-state index in [1.54, 1.807) is 6.92 Å². The van der Waals surface area contributed by atoms with Crippen LogP contribution in [0.15, 0.2) is 30.3 Å². The number of esters is 1. The Bertz CT molecular complexity index is 790. The third-order valence-electron chi connectivity index (χ3n) is 3.18. The van der Waals surface area contributed by atoms with Gasteiger partial charge >= 0.3 is 5.97 Å². The predicted octanol–water partition coefficient (Wildman–Crippen LogP) is 3.45. The third-order valence-corrected chi connectivity index (χ3v) is 3.18. The van der Waals surface area contributed by atoms with Crippen LogP contribution >= 0.6 is 0 Å². The second-order valence-corrected chi connectivity index (χ2v) is 4.70. The summed E-state index contributed by atoms with van der Waals surface area (Å²) < 4.78 is 44.2. The molecule has 0 heterocycles. The molecule has 0 saturated carbocycles. The normalized spacial score (nSPS) is 10.3. The fourth-order valence-corrected chi connectivity index (χ4v) is 1.94. The van der Waals surface area contributed by atoms with Crippen LogP contribution in [0, 0.1) is 24.4 Å². The highest BCUT2D eigenvalue weighted by Gasteiger charge is 2.19. The van der Waals surface area contributed by atoms with Gasteiger partial charge in [0.15, 0.2) is 17.5 Å². The van der Waals surface area contributed by atoms with E-state index in [9.17, 15) is 22.8 Å². The number of ether oxygens (including phenoxy) is 1. The van der Waals surface area contributed by atoms with Crippen LogP contribution in [0.4, 0.5) is 18.9 Å². The zero-order valence-electron chi connectivity index (χ0n) is 12.2. The molecule has 1 N–H and O–H groups in total. The number of nitrogens with one attached hydrogen (secondary N) is 1.